The zero-order valence-electron chi connectivity index (χ0n) is 14.8. The first kappa shape index (κ1) is 18.2. The largest absolute Gasteiger partial charge is 0.374 e. The van der Waals surface area contributed by atoms with Gasteiger partial charge in [0.2, 0.25) is 0 Å². The van der Waals surface area contributed by atoms with Crippen molar-refractivity contribution in [2.45, 2.75) is 72.4 Å². The lowest BCUT2D eigenvalue weighted by Crippen LogP contribution is -2.52. The van der Waals surface area contributed by atoms with Crippen molar-refractivity contribution in [1.82, 2.24) is 5.32 Å². The first-order valence-corrected chi connectivity index (χ1v) is 8.40. The SMILES string of the molecule is CCCNC(Cc1cc(C)ccc1C)C(C)(CC)OCC. The second-order valence-electron chi connectivity index (χ2n) is 6.24. The Morgan fingerprint density at radius 2 is 1.90 bits per heavy atom. The van der Waals surface area contributed by atoms with Crippen LogP contribution in [-0.2, 0) is 11.2 Å². The van der Waals surface area contributed by atoms with Gasteiger partial charge in [0.15, 0.2) is 0 Å². The molecule has 0 radical (unpaired) electrons. The Morgan fingerprint density at radius 3 is 2.48 bits per heavy atom. The van der Waals surface area contributed by atoms with E-state index >= 15 is 0 Å². The molecule has 0 bridgehead atoms. The van der Waals surface area contributed by atoms with Crippen LogP contribution in [0.2, 0.25) is 0 Å². The molecule has 0 saturated heterocycles. The summed E-state index contributed by atoms with van der Waals surface area (Å²) in [4.78, 5) is 0. The molecule has 0 aliphatic heterocycles. The highest BCUT2D eigenvalue weighted by molar-refractivity contribution is 5.31. The number of aryl methyl sites for hydroxylation is 2. The number of nitrogens with one attached hydrogen (secondary N) is 1. The number of hydrogen-bond donors (Lipinski definition) is 1. The van der Waals surface area contributed by atoms with E-state index in [2.05, 4.69) is 65.1 Å². The minimum atomic E-state index is -0.111. The van der Waals surface area contributed by atoms with Crippen LogP contribution in [0.15, 0.2) is 18.2 Å². The van der Waals surface area contributed by atoms with E-state index in [1.807, 2.05) is 0 Å². The van der Waals surface area contributed by atoms with Gasteiger partial charge in [-0.25, -0.2) is 0 Å². The van der Waals surface area contributed by atoms with Crippen LogP contribution >= 0.6 is 0 Å². The van der Waals surface area contributed by atoms with Crippen molar-refractivity contribution in [2.75, 3.05) is 13.2 Å². The van der Waals surface area contributed by atoms with E-state index in [0.29, 0.717) is 6.04 Å². The van der Waals surface area contributed by atoms with Crippen LogP contribution < -0.4 is 5.32 Å². The third kappa shape index (κ3) is 5.12. The Balaban J connectivity index is 2.98. The first-order valence-electron chi connectivity index (χ1n) is 8.40. The van der Waals surface area contributed by atoms with Crippen LogP contribution in [0.25, 0.3) is 0 Å². The Morgan fingerprint density at radius 1 is 1.19 bits per heavy atom. The fourth-order valence-corrected chi connectivity index (χ4v) is 2.84. The van der Waals surface area contributed by atoms with Gasteiger partial charge in [0.1, 0.15) is 0 Å². The van der Waals surface area contributed by atoms with Gasteiger partial charge in [-0.1, -0.05) is 37.6 Å². The van der Waals surface area contributed by atoms with E-state index in [0.717, 1.165) is 32.4 Å². The van der Waals surface area contributed by atoms with Gasteiger partial charge in [-0.05, 0) is 64.6 Å². The Labute approximate surface area is 131 Å². The molecule has 120 valence electrons. The zero-order valence-corrected chi connectivity index (χ0v) is 14.8. The third-order valence-corrected chi connectivity index (χ3v) is 4.48. The van der Waals surface area contributed by atoms with E-state index in [4.69, 9.17) is 4.74 Å². The first-order chi connectivity index (χ1) is 9.96. The molecule has 0 aliphatic carbocycles. The monoisotopic (exact) mass is 291 g/mol. The smallest absolute Gasteiger partial charge is 0.0807 e. The molecule has 2 atom stereocenters. The van der Waals surface area contributed by atoms with Gasteiger partial charge < -0.3 is 10.1 Å². The molecule has 0 fully saturated rings. The molecule has 0 amide bonds. The normalized spacial score (nSPS) is 15.7. The van der Waals surface area contributed by atoms with E-state index < -0.39 is 0 Å². The summed E-state index contributed by atoms with van der Waals surface area (Å²) in [7, 11) is 0. The number of hydrogen-bond acceptors (Lipinski definition) is 2. The molecular weight excluding hydrogens is 258 g/mol. The summed E-state index contributed by atoms with van der Waals surface area (Å²) in [5.74, 6) is 0. The van der Waals surface area contributed by atoms with Crippen LogP contribution in [0.4, 0.5) is 0 Å². The molecule has 0 aromatic heterocycles. The molecule has 1 aromatic rings. The number of rotatable bonds is 9. The molecule has 0 saturated carbocycles. The maximum Gasteiger partial charge on any atom is 0.0807 e. The van der Waals surface area contributed by atoms with E-state index in [9.17, 15) is 0 Å². The van der Waals surface area contributed by atoms with Gasteiger partial charge in [-0.2, -0.15) is 0 Å². The quantitative estimate of drug-likeness (QED) is 0.727. The number of ether oxygens (including phenoxy) is 1. The molecular formula is C19H33NO. The van der Waals surface area contributed by atoms with Gasteiger partial charge in [-0.3, -0.25) is 0 Å². The molecule has 2 heteroatoms. The second kappa shape index (κ2) is 8.55. The van der Waals surface area contributed by atoms with Crippen LogP contribution in [0.3, 0.4) is 0 Å². The highest BCUT2D eigenvalue weighted by Crippen LogP contribution is 2.25. The predicted molar refractivity (Wildman–Crippen MR) is 92.0 cm³/mol. The fraction of sp³-hybridized carbons (Fsp3) is 0.684. The van der Waals surface area contributed by atoms with Gasteiger partial charge in [0, 0.05) is 12.6 Å². The summed E-state index contributed by atoms with van der Waals surface area (Å²) in [6.07, 6.45) is 3.19. The average Bonchev–Trinajstić information content (AvgIpc) is 2.47. The lowest BCUT2D eigenvalue weighted by atomic mass is 9.86. The molecule has 0 spiro atoms. The van der Waals surface area contributed by atoms with Crippen LogP contribution in [0.1, 0.15) is 57.2 Å². The van der Waals surface area contributed by atoms with Crippen molar-refractivity contribution in [3.8, 4) is 0 Å². The Hall–Kier alpha value is -0.860. The van der Waals surface area contributed by atoms with Crippen molar-refractivity contribution >= 4 is 0 Å². The third-order valence-electron chi connectivity index (χ3n) is 4.48. The molecule has 21 heavy (non-hydrogen) atoms. The molecule has 0 aliphatic rings. The summed E-state index contributed by atoms with van der Waals surface area (Å²) in [6, 6.07) is 7.08. The highest BCUT2D eigenvalue weighted by atomic mass is 16.5. The van der Waals surface area contributed by atoms with Crippen molar-refractivity contribution in [2.24, 2.45) is 0 Å². The molecule has 2 unspecified atom stereocenters. The number of benzene rings is 1. The average molecular weight is 291 g/mol. The van der Waals surface area contributed by atoms with Crippen LogP contribution in [0.5, 0.6) is 0 Å². The summed E-state index contributed by atoms with van der Waals surface area (Å²) in [6.45, 7) is 14.9. The van der Waals surface area contributed by atoms with Crippen molar-refractivity contribution in [3.05, 3.63) is 34.9 Å². The molecule has 1 aromatic carbocycles. The van der Waals surface area contributed by atoms with Gasteiger partial charge in [0.25, 0.3) is 0 Å². The van der Waals surface area contributed by atoms with Crippen LogP contribution in [0, 0.1) is 13.8 Å². The topological polar surface area (TPSA) is 21.3 Å². The standard InChI is InChI=1S/C19H33NO/c1-7-12-20-18(19(6,8-2)21-9-3)14-17-13-15(4)10-11-16(17)5/h10-11,13,18,20H,7-9,12,14H2,1-6H3. The van der Waals surface area contributed by atoms with Crippen molar-refractivity contribution in [1.29, 1.82) is 0 Å². The van der Waals surface area contributed by atoms with Crippen molar-refractivity contribution < 1.29 is 4.74 Å². The highest BCUT2D eigenvalue weighted by Gasteiger charge is 2.33. The fourth-order valence-electron chi connectivity index (χ4n) is 2.84. The molecule has 0 heterocycles. The maximum atomic E-state index is 6.12. The summed E-state index contributed by atoms with van der Waals surface area (Å²) < 4.78 is 6.12. The lowest BCUT2D eigenvalue weighted by molar-refractivity contribution is -0.0550. The van der Waals surface area contributed by atoms with E-state index in [-0.39, 0.29) is 5.60 Å². The molecule has 1 rings (SSSR count). The Kier molecular flexibility index (Phi) is 7.41. The second-order valence-corrected chi connectivity index (χ2v) is 6.24. The van der Waals surface area contributed by atoms with E-state index in [1.54, 1.807) is 0 Å². The molecule has 2 nitrogen and oxygen atoms in total. The predicted octanol–water partition coefficient (Wildman–Crippen LogP) is 4.42. The Bertz CT molecular complexity index is 430. The lowest BCUT2D eigenvalue weighted by Gasteiger charge is -2.38. The summed E-state index contributed by atoms with van der Waals surface area (Å²) in [5.41, 5.74) is 4.03. The summed E-state index contributed by atoms with van der Waals surface area (Å²) in [5, 5.41) is 3.72. The van der Waals surface area contributed by atoms with Crippen molar-refractivity contribution in [3.63, 3.8) is 0 Å². The summed E-state index contributed by atoms with van der Waals surface area (Å²) >= 11 is 0. The minimum Gasteiger partial charge on any atom is -0.374 e. The zero-order chi connectivity index (χ0) is 15.9. The van der Waals surface area contributed by atoms with Crippen LogP contribution in [-0.4, -0.2) is 24.8 Å². The van der Waals surface area contributed by atoms with Gasteiger partial charge in [-0.15, -0.1) is 0 Å². The minimum absolute atomic E-state index is 0.111. The van der Waals surface area contributed by atoms with E-state index in [1.165, 1.54) is 16.7 Å². The maximum absolute atomic E-state index is 6.12. The van der Waals surface area contributed by atoms with Gasteiger partial charge in [0.05, 0.1) is 5.60 Å². The van der Waals surface area contributed by atoms with Gasteiger partial charge >= 0.3 is 0 Å². The molecule has 1 N–H and O–H groups in total.